The molecule has 7 heteroatoms. The van der Waals surface area contributed by atoms with E-state index in [-0.39, 0.29) is 5.91 Å². The van der Waals surface area contributed by atoms with Gasteiger partial charge in [0.1, 0.15) is 5.82 Å². The van der Waals surface area contributed by atoms with Crippen molar-refractivity contribution in [2.45, 2.75) is 0 Å². The fourth-order valence-corrected chi connectivity index (χ4v) is 2.78. The summed E-state index contributed by atoms with van der Waals surface area (Å²) in [6.07, 6.45) is 2.60. The van der Waals surface area contributed by atoms with Crippen molar-refractivity contribution in [3.8, 4) is 0 Å². The highest BCUT2D eigenvalue weighted by atomic mass is 35.5. The van der Waals surface area contributed by atoms with Crippen LogP contribution in [-0.4, -0.2) is 48.4 Å². The van der Waals surface area contributed by atoms with E-state index in [0.29, 0.717) is 29.5 Å². The Morgan fingerprint density at radius 1 is 1.12 bits per heavy atom. The summed E-state index contributed by atoms with van der Waals surface area (Å²) in [5, 5.41) is 3.14. The van der Waals surface area contributed by atoms with Crippen molar-refractivity contribution in [3.05, 3.63) is 53.2 Å². The smallest absolute Gasteiger partial charge is 0.258 e. The molecule has 1 aromatic heterocycles. The zero-order valence-electron chi connectivity index (χ0n) is 13.0. The Labute approximate surface area is 145 Å². The van der Waals surface area contributed by atoms with Gasteiger partial charge < -0.3 is 15.1 Å². The Balaban J connectivity index is 1.64. The molecule has 2 heterocycles. The summed E-state index contributed by atoms with van der Waals surface area (Å²) < 4.78 is 0. The lowest BCUT2D eigenvalue weighted by molar-refractivity contribution is -0.118. The van der Waals surface area contributed by atoms with Crippen LogP contribution in [0.5, 0.6) is 0 Å². The summed E-state index contributed by atoms with van der Waals surface area (Å²) in [4.78, 5) is 31.1. The maximum Gasteiger partial charge on any atom is 0.258 e. The normalized spacial score (nSPS) is 14.4. The standard InChI is InChI=1S/C17H17ClN4O2/c18-15-4-2-1-3-14(15)17(24)20-16-6-5-13(11-19-16)22-9-7-21(12-23)8-10-22/h1-6,11-12H,7-10H2,(H,19,20,24). The first-order valence-corrected chi connectivity index (χ1v) is 8.01. The van der Waals surface area contributed by atoms with E-state index in [9.17, 15) is 9.59 Å². The first kappa shape index (κ1) is 16.3. The van der Waals surface area contributed by atoms with Crippen molar-refractivity contribution in [2.24, 2.45) is 0 Å². The molecule has 1 aromatic carbocycles. The van der Waals surface area contributed by atoms with Crippen molar-refractivity contribution in [3.63, 3.8) is 0 Å². The number of benzene rings is 1. The van der Waals surface area contributed by atoms with E-state index >= 15 is 0 Å². The molecule has 0 radical (unpaired) electrons. The third kappa shape index (κ3) is 3.65. The molecule has 0 unspecified atom stereocenters. The number of hydrogen-bond donors (Lipinski definition) is 1. The highest BCUT2D eigenvalue weighted by Gasteiger charge is 2.16. The van der Waals surface area contributed by atoms with Gasteiger partial charge in [0.05, 0.1) is 22.5 Å². The molecule has 1 aliphatic heterocycles. The van der Waals surface area contributed by atoms with Gasteiger partial charge in [-0.15, -0.1) is 0 Å². The van der Waals surface area contributed by atoms with Gasteiger partial charge in [0.15, 0.2) is 0 Å². The average Bonchev–Trinajstić information content (AvgIpc) is 2.63. The predicted octanol–water partition coefficient (Wildman–Crippen LogP) is 2.27. The van der Waals surface area contributed by atoms with E-state index in [0.717, 1.165) is 25.2 Å². The van der Waals surface area contributed by atoms with Gasteiger partial charge >= 0.3 is 0 Å². The Kier molecular flexibility index (Phi) is 4.96. The molecule has 6 nitrogen and oxygen atoms in total. The van der Waals surface area contributed by atoms with Crippen LogP contribution in [0, 0.1) is 0 Å². The van der Waals surface area contributed by atoms with Crippen molar-refractivity contribution in [1.82, 2.24) is 9.88 Å². The fourth-order valence-electron chi connectivity index (χ4n) is 2.56. The Morgan fingerprint density at radius 2 is 1.88 bits per heavy atom. The van der Waals surface area contributed by atoms with Crippen LogP contribution in [0.15, 0.2) is 42.6 Å². The lowest BCUT2D eigenvalue weighted by atomic mass is 10.2. The number of carbonyl (C=O) groups is 2. The van der Waals surface area contributed by atoms with Crippen molar-refractivity contribution < 1.29 is 9.59 Å². The summed E-state index contributed by atoms with van der Waals surface area (Å²) in [5.74, 6) is 0.177. The molecular formula is C17H17ClN4O2. The topological polar surface area (TPSA) is 65.5 Å². The second kappa shape index (κ2) is 7.31. The van der Waals surface area contributed by atoms with Gasteiger partial charge in [-0.2, -0.15) is 0 Å². The van der Waals surface area contributed by atoms with Crippen LogP contribution in [0.3, 0.4) is 0 Å². The van der Waals surface area contributed by atoms with Crippen LogP contribution >= 0.6 is 11.6 Å². The fraction of sp³-hybridized carbons (Fsp3) is 0.235. The lowest BCUT2D eigenvalue weighted by Gasteiger charge is -2.33. The minimum Gasteiger partial charge on any atom is -0.367 e. The van der Waals surface area contributed by atoms with Gasteiger partial charge in [-0.25, -0.2) is 4.98 Å². The van der Waals surface area contributed by atoms with E-state index in [1.807, 2.05) is 6.07 Å². The van der Waals surface area contributed by atoms with Crippen LogP contribution < -0.4 is 10.2 Å². The van der Waals surface area contributed by atoms with Gasteiger partial charge in [0.25, 0.3) is 5.91 Å². The number of piperazine rings is 1. The summed E-state index contributed by atoms with van der Waals surface area (Å²) >= 11 is 6.02. The third-order valence-corrected chi connectivity index (χ3v) is 4.27. The van der Waals surface area contributed by atoms with Gasteiger partial charge in [0.2, 0.25) is 6.41 Å². The van der Waals surface area contributed by atoms with E-state index in [4.69, 9.17) is 11.6 Å². The molecular weight excluding hydrogens is 328 g/mol. The highest BCUT2D eigenvalue weighted by molar-refractivity contribution is 6.34. The van der Waals surface area contributed by atoms with E-state index < -0.39 is 0 Å². The second-order valence-corrected chi connectivity index (χ2v) is 5.87. The molecule has 0 saturated carbocycles. The first-order chi connectivity index (χ1) is 11.7. The monoisotopic (exact) mass is 344 g/mol. The number of halogens is 1. The second-order valence-electron chi connectivity index (χ2n) is 5.46. The highest BCUT2D eigenvalue weighted by Crippen LogP contribution is 2.19. The lowest BCUT2D eigenvalue weighted by Crippen LogP contribution is -2.45. The first-order valence-electron chi connectivity index (χ1n) is 7.63. The van der Waals surface area contributed by atoms with Gasteiger partial charge in [-0.3, -0.25) is 9.59 Å². The molecule has 3 rings (SSSR count). The molecule has 1 saturated heterocycles. The van der Waals surface area contributed by atoms with Crippen molar-refractivity contribution >= 4 is 35.4 Å². The number of anilines is 2. The number of pyridine rings is 1. The maximum atomic E-state index is 12.2. The van der Waals surface area contributed by atoms with Gasteiger partial charge in [-0.1, -0.05) is 23.7 Å². The van der Waals surface area contributed by atoms with Crippen LogP contribution in [0.2, 0.25) is 5.02 Å². The predicted molar refractivity (Wildman–Crippen MR) is 93.5 cm³/mol. The number of aromatic nitrogens is 1. The number of nitrogens with zero attached hydrogens (tertiary/aromatic N) is 3. The molecule has 2 amide bonds. The van der Waals surface area contributed by atoms with Gasteiger partial charge in [0, 0.05) is 26.2 Å². The molecule has 1 aliphatic rings. The zero-order chi connectivity index (χ0) is 16.9. The maximum absolute atomic E-state index is 12.2. The quantitative estimate of drug-likeness (QED) is 0.864. The Hall–Kier alpha value is -2.60. The Bertz CT molecular complexity index is 728. The minimum atomic E-state index is -0.291. The SMILES string of the molecule is O=CN1CCN(c2ccc(NC(=O)c3ccccc3Cl)nc2)CC1. The molecule has 0 atom stereocenters. The number of hydrogen-bond acceptors (Lipinski definition) is 4. The number of rotatable bonds is 4. The largest absolute Gasteiger partial charge is 0.367 e. The van der Waals surface area contributed by atoms with E-state index in [1.54, 1.807) is 41.4 Å². The Morgan fingerprint density at radius 3 is 2.50 bits per heavy atom. The molecule has 1 N–H and O–H groups in total. The zero-order valence-corrected chi connectivity index (χ0v) is 13.7. The van der Waals surface area contributed by atoms with Crippen molar-refractivity contribution in [1.29, 1.82) is 0 Å². The van der Waals surface area contributed by atoms with E-state index in [1.165, 1.54) is 0 Å². The van der Waals surface area contributed by atoms with Crippen LogP contribution in [-0.2, 0) is 4.79 Å². The molecule has 0 spiro atoms. The van der Waals surface area contributed by atoms with Crippen LogP contribution in [0.1, 0.15) is 10.4 Å². The third-order valence-electron chi connectivity index (χ3n) is 3.94. The summed E-state index contributed by atoms with van der Waals surface area (Å²) in [5.41, 5.74) is 1.38. The molecule has 1 fully saturated rings. The van der Waals surface area contributed by atoms with Gasteiger partial charge in [-0.05, 0) is 24.3 Å². The average molecular weight is 345 g/mol. The molecule has 124 valence electrons. The number of nitrogens with one attached hydrogen (secondary N) is 1. The van der Waals surface area contributed by atoms with Crippen molar-refractivity contribution in [2.75, 3.05) is 36.4 Å². The molecule has 0 bridgehead atoms. The van der Waals surface area contributed by atoms with Crippen LogP contribution in [0.25, 0.3) is 0 Å². The number of amides is 2. The summed E-state index contributed by atoms with van der Waals surface area (Å²) in [7, 11) is 0. The van der Waals surface area contributed by atoms with Crippen LogP contribution in [0.4, 0.5) is 11.5 Å². The molecule has 2 aromatic rings. The van der Waals surface area contributed by atoms with E-state index in [2.05, 4.69) is 15.2 Å². The minimum absolute atomic E-state index is 0.291. The molecule has 24 heavy (non-hydrogen) atoms. The summed E-state index contributed by atoms with van der Waals surface area (Å²) in [6, 6.07) is 10.5. The number of carbonyl (C=O) groups excluding carboxylic acids is 2. The summed E-state index contributed by atoms with van der Waals surface area (Å²) in [6.45, 7) is 2.94. The molecule has 0 aliphatic carbocycles.